The Bertz CT molecular complexity index is 1470. The van der Waals surface area contributed by atoms with Crippen molar-refractivity contribution in [3.8, 4) is 11.5 Å². The molecule has 2 aliphatic rings. The fourth-order valence-corrected chi connectivity index (χ4v) is 5.34. The standard InChI is InChI=1S/C28H24F3N3O4S/c1-16-6-7-17(2)21(10-16)33-27-34(14-18-8-9-22-23(11-18)38-15-37-22)26(36)24(39-27)13-25(35)32-20-5-3-4-19(12-20)28(29,30)31/h3-12,24H,13-15H2,1-2H3,(H,32,35)/t24-/m1/s1. The van der Waals surface area contributed by atoms with Gasteiger partial charge in [0.05, 0.1) is 17.8 Å². The first kappa shape index (κ1) is 26.6. The molecule has 0 radical (unpaired) electrons. The number of halogens is 3. The summed E-state index contributed by atoms with van der Waals surface area (Å²) in [4.78, 5) is 32.6. The number of anilines is 1. The first-order chi connectivity index (χ1) is 18.6. The van der Waals surface area contributed by atoms with Crippen LogP contribution in [0.4, 0.5) is 24.5 Å². The van der Waals surface area contributed by atoms with Crippen LogP contribution in [0.2, 0.25) is 0 Å². The molecule has 1 N–H and O–H groups in total. The van der Waals surface area contributed by atoms with Gasteiger partial charge in [-0.3, -0.25) is 14.5 Å². The average Bonchev–Trinajstić information content (AvgIpc) is 3.46. The quantitative estimate of drug-likeness (QED) is 0.391. The Morgan fingerprint density at radius 3 is 2.67 bits per heavy atom. The minimum Gasteiger partial charge on any atom is -0.454 e. The summed E-state index contributed by atoms with van der Waals surface area (Å²) in [6, 6.07) is 15.6. The van der Waals surface area contributed by atoms with Gasteiger partial charge in [-0.2, -0.15) is 13.2 Å². The van der Waals surface area contributed by atoms with Crippen molar-refractivity contribution >= 4 is 40.1 Å². The lowest BCUT2D eigenvalue weighted by Gasteiger charge is -2.17. The highest BCUT2D eigenvalue weighted by Gasteiger charge is 2.39. The Labute approximate surface area is 227 Å². The van der Waals surface area contributed by atoms with Crippen LogP contribution in [0.1, 0.15) is 28.7 Å². The highest BCUT2D eigenvalue weighted by atomic mass is 32.2. The number of benzene rings is 3. The Kier molecular flexibility index (Phi) is 7.26. The second-order valence-electron chi connectivity index (χ2n) is 9.23. The molecule has 1 fully saturated rings. The molecule has 1 saturated heterocycles. The molecular weight excluding hydrogens is 531 g/mol. The molecule has 0 aromatic heterocycles. The van der Waals surface area contributed by atoms with Crippen molar-refractivity contribution in [2.75, 3.05) is 12.1 Å². The van der Waals surface area contributed by atoms with E-state index in [1.807, 2.05) is 38.1 Å². The minimum absolute atomic E-state index is 0.00626. The van der Waals surface area contributed by atoms with E-state index >= 15 is 0 Å². The number of aryl methyl sites for hydroxylation is 2. The number of rotatable bonds is 6. The van der Waals surface area contributed by atoms with Gasteiger partial charge in [-0.05, 0) is 66.9 Å². The van der Waals surface area contributed by atoms with Gasteiger partial charge in [0.2, 0.25) is 18.6 Å². The van der Waals surface area contributed by atoms with Crippen LogP contribution >= 0.6 is 11.8 Å². The van der Waals surface area contributed by atoms with Gasteiger partial charge in [0, 0.05) is 12.1 Å². The zero-order valence-electron chi connectivity index (χ0n) is 21.0. The van der Waals surface area contributed by atoms with E-state index in [9.17, 15) is 22.8 Å². The molecule has 0 spiro atoms. The van der Waals surface area contributed by atoms with E-state index in [0.717, 1.165) is 40.6 Å². The molecule has 3 aromatic carbocycles. The van der Waals surface area contributed by atoms with Crippen LogP contribution in [0.15, 0.2) is 65.7 Å². The first-order valence-electron chi connectivity index (χ1n) is 12.1. The SMILES string of the molecule is Cc1ccc(C)c(N=C2S[C@H](CC(=O)Nc3cccc(C(F)(F)F)c3)C(=O)N2Cc2ccc3c(c2)OCO3)c1. The summed E-state index contributed by atoms with van der Waals surface area (Å²) in [7, 11) is 0. The van der Waals surface area contributed by atoms with Crippen molar-refractivity contribution in [3.05, 3.63) is 82.9 Å². The molecule has 0 bridgehead atoms. The molecule has 3 aromatic rings. The van der Waals surface area contributed by atoms with Crippen LogP contribution in [0.3, 0.4) is 0 Å². The number of ether oxygens (including phenoxy) is 2. The van der Waals surface area contributed by atoms with Crippen molar-refractivity contribution in [3.63, 3.8) is 0 Å². The minimum atomic E-state index is -4.54. The molecule has 11 heteroatoms. The lowest BCUT2D eigenvalue weighted by molar-refractivity contribution is -0.137. The van der Waals surface area contributed by atoms with Crippen molar-refractivity contribution in [2.45, 2.75) is 38.2 Å². The highest BCUT2D eigenvalue weighted by molar-refractivity contribution is 8.15. The summed E-state index contributed by atoms with van der Waals surface area (Å²) in [6.45, 7) is 4.18. The molecule has 7 nitrogen and oxygen atoms in total. The molecule has 202 valence electrons. The van der Waals surface area contributed by atoms with Gasteiger partial charge < -0.3 is 14.8 Å². The third-order valence-electron chi connectivity index (χ3n) is 6.22. The predicted octanol–water partition coefficient (Wildman–Crippen LogP) is 6.21. The fraction of sp³-hybridized carbons (Fsp3) is 0.250. The van der Waals surface area contributed by atoms with Crippen LogP contribution in [-0.2, 0) is 22.3 Å². The number of nitrogens with one attached hydrogen (secondary N) is 1. The summed E-state index contributed by atoms with van der Waals surface area (Å²) in [5, 5.41) is 2.12. The van der Waals surface area contributed by atoms with Crippen molar-refractivity contribution < 1.29 is 32.2 Å². The second kappa shape index (κ2) is 10.6. The van der Waals surface area contributed by atoms with Crippen molar-refractivity contribution in [1.82, 2.24) is 4.90 Å². The van der Waals surface area contributed by atoms with E-state index in [-0.39, 0.29) is 31.4 Å². The van der Waals surface area contributed by atoms with E-state index in [1.165, 1.54) is 17.0 Å². The van der Waals surface area contributed by atoms with E-state index in [4.69, 9.17) is 14.5 Å². The molecule has 5 rings (SSSR count). The number of hydrogen-bond donors (Lipinski definition) is 1. The smallest absolute Gasteiger partial charge is 0.416 e. The summed E-state index contributed by atoms with van der Waals surface area (Å²) in [5.41, 5.74) is 2.56. The van der Waals surface area contributed by atoms with Gasteiger partial charge in [0.15, 0.2) is 16.7 Å². The summed E-state index contributed by atoms with van der Waals surface area (Å²) in [6.07, 6.45) is -4.77. The number of nitrogens with zero attached hydrogens (tertiary/aromatic N) is 2. The van der Waals surface area contributed by atoms with Gasteiger partial charge in [0.1, 0.15) is 5.25 Å². The van der Waals surface area contributed by atoms with Crippen LogP contribution in [0, 0.1) is 13.8 Å². The third-order valence-corrected chi connectivity index (χ3v) is 7.40. The lowest BCUT2D eigenvalue weighted by atomic mass is 10.1. The van der Waals surface area contributed by atoms with E-state index in [1.54, 1.807) is 12.1 Å². The number of carbonyl (C=O) groups is 2. The van der Waals surface area contributed by atoms with Gasteiger partial charge in [0.25, 0.3) is 0 Å². The third kappa shape index (κ3) is 6.03. The fourth-order valence-electron chi connectivity index (χ4n) is 4.19. The molecule has 0 unspecified atom stereocenters. The number of carbonyl (C=O) groups excluding carboxylic acids is 2. The highest BCUT2D eigenvalue weighted by Crippen LogP contribution is 2.37. The van der Waals surface area contributed by atoms with Gasteiger partial charge in [-0.1, -0.05) is 36.0 Å². The Hall–Kier alpha value is -3.99. The van der Waals surface area contributed by atoms with Gasteiger partial charge in [-0.15, -0.1) is 0 Å². The van der Waals surface area contributed by atoms with E-state index < -0.39 is 22.9 Å². The molecule has 0 aliphatic carbocycles. The largest absolute Gasteiger partial charge is 0.454 e. The molecular formula is C28H24F3N3O4S. The van der Waals surface area contributed by atoms with E-state index in [2.05, 4.69) is 5.32 Å². The molecule has 1 atom stereocenters. The van der Waals surface area contributed by atoms with Gasteiger partial charge in [-0.25, -0.2) is 4.99 Å². The van der Waals surface area contributed by atoms with E-state index in [0.29, 0.717) is 22.4 Å². The Morgan fingerprint density at radius 1 is 1.08 bits per heavy atom. The van der Waals surface area contributed by atoms with Gasteiger partial charge >= 0.3 is 6.18 Å². The zero-order valence-corrected chi connectivity index (χ0v) is 21.9. The summed E-state index contributed by atoms with van der Waals surface area (Å²) in [5.74, 6) is 0.309. The number of thioether (sulfide) groups is 1. The van der Waals surface area contributed by atoms with Crippen LogP contribution in [0.25, 0.3) is 0 Å². The molecule has 2 heterocycles. The normalized spacial score (nSPS) is 17.7. The monoisotopic (exact) mass is 555 g/mol. The topological polar surface area (TPSA) is 80.2 Å². The number of alkyl halides is 3. The van der Waals surface area contributed by atoms with Crippen LogP contribution < -0.4 is 14.8 Å². The average molecular weight is 556 g/mol. The first-order valence-corrected chi connectivity index (χ1v) is 12.9. The Balaban J connectivity index is 1.38. The molecule has 2 amide bonds. The zero-order chi connectivity index (χ0) is 27.7. The van der Waals surface area contributed by atoms with Crippen molar-refractivity contribution in [2.24, 2.45) is 4.99 Å². The number of aliphatic imine (C=N–C) groups is 1. The number of hydrogen-bond acceptors (Lipinski definition) is 6. The number of amides is 2. The predicted molar refractivity (Wildman–Crippen MR) is 142 cm³/mol. The van der Waals surface area contributed by atoms with Crippen LogP contribution in [-0.4, -0.2) is 33.9 Å². The summed E-state index contributed by atoms with van der Waals surface area (Å²) < 4.78 is 50.0. The molecule has 2 aliphatic heterocycles. The lowest BCUT2D eigenvalue weighted by Crippen LogP contribution is -2.33. The maximum Gasteiger partial charge on any atom is 0.416 e. The molecule has 39 heavy (non-hydrogen) atoms. The second-order valence-corrected chi connectivity index (χ2v) is 10.4. The van der Waals surface area contributed by atoms with Crippen molar-refractivity contribution in [1.29, 1.82) is 0 Å². The number of fused-ring (bicyclic) bond motifs is 1. The van der Waals surface area contributed by atoms with Crippen LogP contribution in [0.5, 0.6) is 11.5 Å². The Morgan fingerprint density at radius 2 is 1.87 bits per heavy atom. The summed E-state index contributed by atoms with van der Waals surface area (Å²) >= 11 is 1.16. The maximum absolute atomic E-state index is 13.5. The number of amidine groups is 1. The maximum atomic E-state index is 13.5. The molecule has 0 saturated carbocycles.